The van der Waals surface area contributed by atoms with Crippen LogP contribution in [0.5, 0.6) is 5.75 Å². The molecule has 138 valence electrons. The van der Waals surface area contributed by atoms with Crippen LogP contribution in [0.1, 0.15) is 24.2 Å². The molecule has 27 heavy (non-hydrogen) atoms. The van der Waals surface area contributed by atoms with Crippen molar-refractivity contribution in [3.05, 3.63) is 64.7 Å². The quantitative estimate of drug-likeness (QED) is 0.676. The number of ketones is 1. The lowest BCUT2D eigenvalue weighted by molar-refractivity contribution is 0.101. The van der Waals surface area contributed by atoms with Gasteiger partial charge in [-0.2, -0.15) is 5.10 Å². The lowest BCUT2D eigenvalue weighted by Crippen LogP contribution is -2.28. The Kier molecular flexibility index (Phi) is 5.30. The largest absolute Gasteiger partial charge is 0.497 e. The van der Waals surface area contributed by atoms with Gasteiger partial charge in [0.15, 0.2) is 5.78 Å². The predicted octanol–water partition coefficient (Wildman–Crippen LogP) is 3.28. The number of carbonyl (C=O) groups is 1. The molecule has 0 saturated carbocycles. The molecule has 0 saturated heterocycles. The molecule has 3 aromatic rings. The molecule has 0 fully saturated rings. The Balaban J connectivity index is 2.28. The zero-order valence-electron chi connectivity index (χ0n) is 15.4. The Morgan fingerprint density at radius 2 is 2.07 bits per heavy atom. The van der Waals surface area contributed by atoms with Crippen molar-refractivity contribution in [3.63, 3.8) is 0 Å². The molecule has 0 aliphatic rings. The van der Waals surface area contributed by atoms with E-state index in [1.807, 2.05) is 25.1 Å². The van der Waals surface area contributed by atoms with Crippen LogP contribution in [0.4, 0.5) is 11.4 Å². The van der Waals surface area contributed by atoms with E-state index in [9.17, 15) is 9.59 Å². The summed E-state index contributed by atoms with van der Waals surface area (Å²) < 4.78 is 6.61. The number of hydrogen-bond acceptors (Lipinski definition) is 6. The summed E-state index contributed by atoms with van der Waals surface area (Å²) >= 11 is 0. The van der Waals surface area contributed by atoms with Crippen LogP contribution in [0, 0.1) is 0 Å². The summed E-state index contributed by atoms with van der Waals surface area (Å²) in [7, 11) is 1.57. The number of benzene rings is 1. The van der Waals surface area contributed by atoms with Gasteiger partial charge >= 0.3 is 0 Å². The van der Waals surface area contributed by atoms with Crippen LogP contribution >= 0.6 is 0 Å². The predicted molar refractivity (Wildman–Crippen MR) is 104 cm³/mol. The number of anilines is 2. The number of pyridine rings is 1. The summed E-state index contributed by atoms with van der Waals surface area (Å²) in [5.74, 6) is 0.381. The van der Waals surface area contributed by atoms with Crippen molar-refractivity contribution in [1.82, 2.24) is 14.8 Å². The minimum atomic E-state index is -0.363. The van der Waals surface area contributed by atoms with Gasteiger partial charge in [0.25, 0.3) is 5.56 Å². The lowest BCUT2D eigenvalue weighted by atomic mass is 10.0. The fourth-order valence-electron chi connectivity index (χ4n) is 2.80. The van der Waals surface area contributed by atoms with E-state index < -0.39 is 0 Å². The van der Waals surface area contributed by atoms with Crippen molar-refractivity contribution in [3.8, 4) is 17.0 Å². The van der Waals surface area contributed by atoms with Crippen molar-refractivity contribution in [2.45, 2.75) is 20.4 Å². The number of nitrogens with zero attached hydrogens (tertiary/aromatic N) is 3. The van der Waals surface area contributed by atoms with Gasteiger partial charge in [0.2, 0.25) is 0 Å². The van der Waals surface area contributed by atoms with E-state index in [0.29, 0.717) is 29.2 Å². The summed E-state index contributed by atoms with van der Waals surface area (Å²) in [6, 6.07) is 10.8. The minimum absolute atomic E-state index is 0.185. The number of hydrogen-bond donors (Lipinski definition) is 1. The summed E-state index contributed by atoms with van der Waals surface area (Å²) in [6.07, 6.45) is 3.22. The zero-order valence-corrected chi connectivity index (χ0v) is 15.4. The highest BCUT2D eigenvalue weighted by atomic mass is 16.5. The van der Waals surface area contributed by atoms with E-state index in [1.54, 1.807) is 37.7 Å². The molecule has 0 bridgehead atoms. The fourth-order valence-corrected chi connectivity index (χ4v) is 2.80. The smallest absolute Gasteiger partial charge is 0.291 e. The second-order valence-electron chi connectivity index (χ2n) is 5.87. The number of ether oxygens (including phenoxy) is 1. The highest BCUT2D eigenvalue weighted by Crippen LogP contribution is 2.29. The first-order valence-electron chi connectivity index (χ1n) is 8.52. The monoisotopic (exact) mass is 364 g/mol. The van der Waals surface area contributed by atoms with Gasteiger partial charge in [-0.05, 0) is 38.1 Å². The maximum absolute atomic E-state index is 12.9. The molecule has 3 rings (SSSR count). The van der Waals surface area contributed by atoms with Gasteiger partial charge in [0, 0.05) is 18.3 Å². The summed E-state index contributed by atoms with van der Waals surface area (Å²) in [6.45, 7) is 3.62. The molecule has 0 atom stereocenters. The maximum atomic E-state index is 12.9. The Morgan fingerprint density at radius 1 is 1.26 bits per heavy atom. The summed E-state index contributed by atoms with van der Waals surface area (Å²) in [4.78, 5) is 29.4. The van der Waals surface area contributed by atoms with Crippen LogP contribution < -0.4 is 15.6 Å². The molecule has 1 N–H and O–H groups in total. The number of carbonyl (C=O) groups excluding carboxylic acids is 1. The molecule has 2 heterocycles. The van der Waals surface area contributed by atoms with E-state index in [0.717, 1.165) is 0 Å². The van der Waals surface area contributed by atoms with Crippen molar-refractivity contribution < 1.29 is 9.53 Å². The number of Topliss-reactive ketones (excluding diaryl/α,β-unsaturated/α-hetero) is 1. The van der Waals surface area contributed by atoms with Crippen molar-refractivity contribution in [2.75, 3.05) is 12.4 Å². The first kappa shape index (κ1) is 18.3. The van der Waals surface area contributed by atoms with Crippen LogP contribution in [0.2, 0.25) is 0 Å². The standard InChI is InChI=1S/C20H20N4O3/c1-4-24-20(26)19(22-15-8-6-10-21-12-15)17(13(2)25)18(23-24)14-7-5-9-16(11-14)27-3/h5-12,22H,4H2,1-3H3. The molecule has 7 heteroatoms. The summed E-state index contributed by atoms with van der Waals surface area (Å²) in [5, 5.41) is 7.48. The van der Waals surface area contributed by atoms with Crippen LogP contribution in [0.25, 0.3) is 11.3 Å². The molecule has 0 amide bonds. The molecule has 0 aliphatic heterocycles. The average Bonchev–Trinajstić information content (AvgIpc) is 2.69. The van der Waals surface area contributed by atoms with Gasteiger partial charge in [-0.15, -0.1) is 0 Å². The third-order valence-electron chi connectivity index (χ3n) is 4.08. The zero-order chi connectivity index (χ0) is 19.4. The van der Waals surface area contributed by atoms with E-state index in [-0.39, 0.29) is 22.6 Å². The van der Waals surface area contributed by atoms with E-state index in [2.05, 4.69) is 15.4 Å². The van der Waals surface area contributed by atoms with Gasteiger partial charge < -0.3 is 10.1 Å². The highest BCUT2D eigenvalue weighted by molar-refractivity contribution is 6.05. The third-order valence-corrected chi connectivity index (χ3v) is 4.08. The molecule has 0 radical (unpaired) electrons. The van der Waals surface area contributed by atoms with Gasteiger partial charge in [-0.1, -0.05) is 12.1 Å². The van der Waals surface area contributed by atoms with Crippen LogP contribution in [-0.2, 0) is 6.54 Å². The fraction of sp³-hybridized carbons (Fsp3) is 0.200. The van der Waals surface area contributed by atoms with Crippen molar-refractivity contribution in [1.29, 1.82) is 0 Å². The number of rotatable bonds is 6. The first-order valence-corrected chi connectivity index (χ1v) is 8.52. The van der Waals surface area contributed by atoms with Gasteiger partial charge in [-0.25, -0.2) is 4.68 Å². The molecule has 0 unspecified atom stereocenters. The molecule has 0 aliphatic carbocycles. The second kappa shape index (κ2) is 7.82. The van der Waals surface area contributed by atoms with E-state index >= 15 is 0 Å². The lowest BCUT2D eigenvalue weighted by Gasteiger charge is -2.16. The van der Waals surface area contributed by atoms with Crippen molar-refractivity contribution >= 4 is 17.2 Å². The van der Waals surface area contributed by atoms with E-state index in [1.165, 1.54) is 11.6 Å². The Morgan fingerprint density at radius 3 is 2.70 bits per heavy atom. The first-order chi connectivity index (χ1) is 13.0. The van der Waals surface area contributed by atoms with Gasteiger partial charge in [0.05, 0.1) is 24.6 Å². The van der Waals surface area contributed by atoms with Gasteiger partial charge in [-0.3, -0.25) is 14.6 Å². The molecular formula is C20H20N4O3. The highest BCUT2D eigenvalue weighted by Gasteiger charge is 2.22. The SMILES string of the molecule is CCn1nc(-c2cccc(OC)c2)c(C(C)=O)c(Nc2cccnc2)c1=O. The Hall–Kier alpha value is -3.48. The third kappa shape index (κ3) is 3.72. The van der Waals surface area contributed by atoms with Crippen molar-refractivity contribution in [2.24, 2.45) is 0 Å². The topological polar surface area (TPSA) is 86.1 Å². The maximum Gasteiger partial charge on any atom is 0.291 e. The van der Waals surface area contributed by atoms with Gasteiger partial charge in [0.1, 0.15) is 17.1 Å². The number of methoxy groups -OCH3 is 1. The van der Waals surface area contributed by atoms with Crippen LogP contribution in [0.3, 0.4) is 0 Å². The molecule has 7 nitrogen and oxygen atoms in total. The molecule has 2 aromatic heterocycles. The molecule has 1 aromatic carbocycles. The Bertz CT molecular complexity index is 1030. The molecule has 0 spiro atoms. The summed E-state index contributed by atoms with van der Waals surface area (Å²) in [5.41, 5.74) is 1.79. The molecular weight excluding hydrogens is 344 g/mol. The minimum Gasteiger partial charge on any atom is -0.497 e. The number of aromatic nitrogens is 3. The normalized spacial score (nSPS) is 10.5. The average molecular weight is 364 g/mol. The second-order valence-corrected chi connectivity index (χ2v) is 5.87. The Labute approximate surface area is 156 Å². The van der Waals surface area contributed by atoms with Crippen LogP contribution in [-0.4, -0.2) is 27.7 Å². The van der Waals surface area contributed by atoms with E-state index in [4.69, 9.17) is 4.74 Å². The number of aryl methyl sites for hydroxylation is 1. The number of nitrogens with one attached hydrogen (secondary N) is 1. The van der Waals surface area contributed by atoms with Crippen LogP contribution in [0.15, 0.2) is 53.6 Å².